The van der Waals surface area contributed by atoms with E-state index in [2.05, 4.69) is 18.9 Å². The van der Waals surface area contributed by atoms with Gasteiger partial charge in [0.05, 0.1) is 0 Å². The fourth-order valence-electron chi connectivity index (χ4n) is 1.40. The van der Waals surface area contributed by atoms with Gasteiger partial charge in [0.2, 0.25) is 0 Å². The lowest BCUT2D eigenvalue weighted by Crippen LogP contribution is -2.41. The van der Waals surface area contributed by atoms with Crippen LogP contribution in [0.4, 0.5) is 0 Å². The van der Waals surface area contributed by atoms with Crippen molar-refractivity contribution in [1.29, 1.82) is 0 Å². The SMILES string of the molecule is CC[C@]1(N)CCN(C)C1. The van der Waals surface area contributed by atoms with Crippen LogP contribution in [0.5, 0.6) is 0 Å². The number of likely N-dealkylation sites (N-methyl/N-ethyl adjacent to an activating group) is 1. The van der Waals surface area contributed by atoms with Crippen molar-refractivity contribution in [3.8, 4) is 0 Å². The molecule has 1 atom stereocenters. The van der Waals surface area contributed by atoms with Gasteiger partial charge in [0.1, 0.15) is 0 Å². The number of nitrogens with zero attached hydrogens (tertiary/aromatic N) is 1. The minimum atomic E-state index is 0.134. The van der Waals surface area contributed by atoms with E-state index in [1.165, 1.54) is 13.0 Å². The molecular formula is C7H16N2. The summed E-state index contributed by atoms with van der Waals surface area (Å²) in [7, 11) is 2.13. The van der Waals surface area contributed by atoms with Crippen LogP contribution < -0.4 is 5.73 Å². The summed E-state index contributed by atoms with van der Waals surface area (Å²) < 4.78 is 0. The fourth-order valence-corrected chi connectivity index (χ4v) is 1.40. The van der Waals surface area contributed by atoms with Crippen molar-refractivity contribution >= 4 is 0 Å². The summed E-state index contributed by atoms with van der Waals surface area (Å²) in [5, 5.41) is 0. The smallest absolute Gasteiger partial charge is 0.0292 e. The zero-order chi connectivity index (χ0) is 6.91. The molecule has 0 saturated carbocycles. The van der Waals surface area contributed by atoms with Gasteiger partial charge in [-0.15, -0.1) is 0 Å². The van der Waals surface area contributed by atoms with Crippen LogP contribution in [0, 0.1) is 0 Å². The van der Waals surface area contributed by atoms with E-state index >= 15 is 0 Å². The Balaban J connectivity index is 2.45. The van der Waals surface area contributed by atoms with E-state index in [1.807, 2.05) is 0 Å². The zero-order valence-corrected chi connectivity index (χ0v) is 6.35. The topological polar surface area (TPSA) is 29.3 Å². The van der Waals surface area contributed by atoms with E-state index in [1.54, 1.807) is 0 Å². The van der Waals surface area contributed by atoms with Gasteiger partial charge in [0.25, 0.3) is 0 Å². The predicted octanol–water partition coefficient (Wildman–Crippen LogP) is 0.429. The first-order valence-electron chi connectivity index (χ1n) is 3.64. The third-order valence-corrected chi connectivity index (χ3v) is 2.28. The van der Waals surface area contributed by atoms with Crippen LogP contribution in [0.25, 0.3) is 0 Å². The first-order valence-corrected chi connectivity index (χ1v) is 3.64. The summed E-state index contributed by atoms with van der Waals surface area (Å²) in [5.74, 6) is 0. The number of nitrogens with two attached hydrogens (primary N) is 1. The molecule has 2 heteroatoms. The molecule has 0 aliphatic carbocycles. The molecule has 1 aliphatic rings. The molecule has 0 spiro atoms. The maximum Gasteiger partial charge on any atom is 0.0292 e. The molecule has 0 amide bonds. The quantitative estimate of drug-likeness (QED) is 0.555. The van der Waals surface area contributed by atoms with Crippen LogP contribution in [0.1, 0.15) is 19.8 Å². The van der Waals surface area contributed by atoms with E-state index < -0.39 is 0 Å². The standard InChI is InChI=1S/C7H16N2/c1-3-7(8)4-5-9(2)6-7/h3-6,8H2,1-2H3/t7-/m0/s1. The lowest BCUT2D eigenvalue weighted by atomic mass is 9.97. The first kappa shape index (κ1) is 7.03. The monoisotopic (exact) mass is 128 g/mol. The second-order valence-corrected chi connectivity index (χ2v) is 3.20. The third-order valence-electron chi connectivity index (χ3n) is 2.28. The van der Waals surface area contributed by atoms with E-state index in [-0.39, 0.29) is 5.54 Å². The van der Waals surface area contributed by atoms with Crippen LogP contribution in [0.2, 0.25) is 0 Å². The predicted molar refractivity (Wildman–Crippen MR) is 39.3 cm³/mol. The summed E-state index contributed by atoms with van der Waals surface area (Å²) in [6.07, 6.45) is 2.28. The molecule has 54 valence electrons. The van der Waals surface area contributed by atoms with Gasteiger partial charge in [0, 0.05) is 12.1 Å². The van der Waals surface area contributed by atoms with Gasteiger partial charge in [-0.1, -0.05) is 6.92 Å². The van der Waals surface area contributed by atoms with Crippen molar-refractivity contribution < 1.29 is 0 Å². The number of likely N-dealkylation sites (tertiary alicyclic amines) is 1. The molecule has 0 aromatic carbocycles. The molecule has 2 nitrogen and oxygen atoms in total. The Morgan fingerprint density at radius 1 is 1.67 bits per heavy atom. The Morgan fingerprint density at radius 2 is 2.33 bits per heavy atom. The van der Waals surface area contributed by atoms with Crippen LogP contribution in [0.3, 0.4) is 0 Å². The molecule has 1 heterocycles. The molecule has 0 bridgehead atoms. The van der Waals surface area contributed by atoms with Crippen molar-refractivity contribution in [2.24, 2.45) is 5.73 Å². The van der Waals surface area contributed by atoms with Crippen LogP contribution in [0.15, 0.2) is 0 Å². The highest BCUT2D eigenvalue weighted by Gasteiger charge is 2.30. The Hall–Kier alpha value is -0.0800. The first-order chi connectivity index (χ1) is 4.16. The summed E-state index contributed by atoms with van der Waals surface area (Å²) in [5.41, 5.74) is 6.14. The Labute approximate surface area is 57.0 Å². The molecule has 0 aromatic heterocycles. The summed E-state index contributed by atoms with van der Waals surface area (Å²) >= 11 is 0. The lowest BCUT2D eigenvalue weighted by molar-refractivity contribution is 0.362. The summed E-state index contributed by atoms with van der Waals surface area (Å²) in [6, 6.07) is 0. The van der Waals surface area contributed by atoms with Crippen molar-refractivity contribution in [2.45, 2.75) is 25.3 Å². The van der Waals surface area contributed by atoms with Crippen LogP contribution >= 0.6 is 0 Å². The molecule has 0 unspecified atom stereocenters. The maximum absolute atomic E-state index is 6.01. The van der Waals surface area contributed by atoms with Crippen LogP contribution in [-0.4, -0.2) is 30.6 Å². The van der Waals surface area contributed by atoms with Crippen LogP contribution in [-0.2, 0) is 0 Å². The van der Waals surface area contributed by atoms with Gasteiger partial charge in [-0.2, -0.15) is 0 Å². The Bertz CT molecular complexity index is 103. The van der Waals surface area contributed by atoms with Crippen molar-refractivity contribution in [3.63, 3.8) is 0 Å². The minimum absolute atomic E-state index is 0.134. The average molecular weight is 128 g/mol. The summed E-state index contributed by atoms with van der Waals surface area (Å²) in [4.78, 5) is 2.30. The molecule has 1 rings (SSSR count). The van der Waals surface area contributed by atoms with E-state index in [0.29, 0.717) is 0 Å². The highest BCUT2D eigenvalue weighted by Crippen LogP contribution is 2.19. The Kier molecular flexibility index (Phi) is 1.78. The molecule has 1 aliphatic heterocycles. The average Bonchev–Trinajstić information content (AvgIpc) is 2.13. The van der Waals surface area contributed by atoms with Gasteiger partial charge in [-0.3, -0.25) is 0 Å². The third kappa shape index (κ3) is 1.43. The lowest BCUT2D eigenvalue weighted by Gasteiger charge is -2.20. The Morgan fingerprint density at radius 3 is 2.56 bits per heavy atom. The second kappa shape index (κ2) is 2.27. The van der Waals surface area contributed by atoms with E-state index in [0.717, 1.165) is 13.0 Å². The number of rotatable bonds is 1. The highest BCUT2D eigenvalue weighted by molar-refractivity contribution is 4.91. The molecule has 0 aromatic rings. The van der Waals surface area contributed by atoms with Crippen molar-refractivity contribution in [2.75, 3.05) is 20.1 Å². The van der Waals surface area contributed by atoms with Gasteiger partial charge in [0.15, 0.2) is 0 Å². The zero-order valence-electron chi connectivity index (χ0n) is 6.35. The fraction of sp³-hybridized carbons (Fsp3) is 1.00. The van der Waals surface area contributed by atoms with Gasteiger partial charge in [-0.25, -0.2) is 0 Å². The van der Waals surface area contributed by atoms with Gasteiger partial charge in [-0.05, 0) is 26.4 Å². The summed E-state index contributed by atoms with van der Waals surface area (Å²) in [6.45, 7) is 4.41. The number of hydrogen-bond donors (Lipinski definition) is 1. The van der Waals surface area contributed by atoms with Crippen molar-refractivity contribution in [1.82, 2.24) is 4.90 Å². The molecule has 1 fully saturated rings. The van der Waals surface area contributed by atoms with Crippen molar-refractivity contribution in [3.05, 3.63) is 0 Å². The second-order valence-electron chi connectivity index (χ2n) is 3.20. The largest absolute Gasteiger partial charge is 0.324 e. The number of hydrogen-bond acceptors (Lipinski definition) is 2. The molecular weight excluding hydrogens is 112 g/mol. The van der Waals surface area contributed by atoms with E-state index in [4.69, 9.17) is 5.73 Å². The molecule has 1 saturated heterocycles. The van der Waals surface area contributed by atoms with Gasteiger partial charge < -0.3 is 10.6 Å². The highest BCUT2D eigenvalue weighted by atomic mass is 15.2. The molecule has 9 heavy (non-hydrogen) atoms. The maximum atomic E-state index is 6.01. The normalized spacial score (nSPS) is 37.7. The van der Waals surface area contributed by atoms with Gasteiger partial charge >= 0.3 is 0 Å². The molecule has 0 radical (unpaired) electrons. The molecule has 2 N–H and O–H groups in total. The minimum Gasteiger partial charge on any atom is -0.324 e. The van der Waals surface area contributed by atoms with E-state index in [9.17, 15) is 0 Å².